The van der Waals surface area contributed by atoms with Crippen LogP contribution >= 0.6 is 11.3 Å². The van der Waals surface area contributed by atoms with E-state index in [4.69, 9.17) is 5.73 Å². The SMILES string of the molecule is NC(=O)CCn1c(=O)[nH]c2sc(-c3ccccc3)cc2c1=O. The van der Waals surface area contributed by atoms with Gasteiger partial charge in [0, 0.05) is 17.8 Å². The van der Waals surface area contributed by atoms with Crippen LogP contribution in [0.4, 0.5) is 0 Å². The summed E-state index contributed by atoms with van der Waals surface area (Å²) in [7, 11) is 0. The lowest BCUT2D eigenvalue weighted by Crippen LogP contribution is -2.35. The lowest BCUT2D eigenvalue weighted by molar-refractivity contribution is -0.118. The number of amides is 1. The third kappa shape index (κ3) is 2.58. The van der Waals surface area contributed by atoms with E-state index < -0.39 is 17.2 Å². The summed E-state index contributed by atoms with van der Waals surface area (Å²) in [5, 5.41) is 0.438. The van der Waals surface area contributed by atoms with E-state index >= 15 is 0 Å². The smallest absolute Gasteiger partial charge is 0.329 e. The Labute approximate surface area is 128 Å². The van der Waals surface area contributed by atoms with Crippen LogP contribution < -0.4 is 17.0 Å². The number of aromatic nitrogens is 2. The van der Waals surface area contributed by atoms with Crippen LogP contribution in [0.3, 0.4) is 0 Å². The van der Waals surface area contributed by atoms with Gasteiger partial charge in [0.05, 0.1) is 5.39 Å². The molecule has 7 heteroatoms. The van der Waals surface area contributed by atoms with Crippen molar-refractivity contribution in [2.24, 2.45) is 5.73 Å². The number of carbonyl (C=O) groups is 1. The fourth-order valence-electron chi connectivity index (χ4n) is 2.21. The van der Waals surface area contributed by atoms with Gasteiger partial charge in [0.15, 0.2) is 0 Å². The Bertz CT molecular complexity index is 954. The summed E-state index contributed by atoms with van der Waals surface area (Å²) >= 11 is 1.35. The van der Waals surface area contributed by atoms with Crippen molar-refractivity contribution in [1.29, 1.82) is 0 Å². The number of rotatable bonds is 4. The number of fused-ring (bicyclic) bond motifs is 1. The molecule has 2 heterocycles. The predicted octanol–water partition coefficient (Wildman–Crippen LogP) is 1.29. The number of nitrogens with one attached hydrogen (secondary N) is 1. The summed E-state index contributed by atoms with van der Waals surface area (Å²) in [5.41, 5.74) is 5.12. The number of benzene rings is 1. The van der Waals surface area contributed by atoms with E-state index in [0.29, 0.717) is 10.2 Å². The van der Waals surface area contributed by atoms with E-state index in [-0.39, 0.29) is 13.0 Å². The van der Waals surface area contributed by atoms with Gasteiger partial charge in [0.25, 0.3) is 5.56 Å². The molecule has 0 saturated heterocycles. The first-order chi connectivity index (χ1) is 10.6. The van der Waals surface area contributed by atoms with Gasteiger partial charge < -0.3 is 5.73 Å². The summed E-state index contributed by atoms with van der Waals surface area (Å²) in [6, 6.07) is 11.4. The fraction of sp³-hybridized carbons (Fsp3) is 0.133. The first kappa shape index (κ1) is 14.3. The molecule has 0 saturated carbocycles. The molecule has 3 N–H and O–H groups in total. The van der Waals surface area contributed by atoms with Crippen molar-refractivity contribution in [3.8, 4) is 10.4 Å². The van der Waals surface area contributed by atoms with Crippen LogP contribution in [-0.2, 0) is 11.3 Å². The van der Waals surface area contributed by atoms with E-state index in [1.54, 1.807) is 6.07 Å². The molecular formula is C15H13N3O3S. The van der Waals surface area contributed by atoms with Crippen LogP contribution in [0.25, 0.3) is 20.7 Å². The van der Waals surface area contributed by atoms with Gasteiger partial charge >= 0.3 is 5.69 Å². The average molecular weight is 315 g/mol. The van der Waals surface area contributed by atoms with Crippen LogP contribution in [0.15, 0.2) is 46.0 Å². The molecule has 0 aliphatic rings. The van der Waals surface area contributed by atoms with E-state index in [1.165, 1.54) is 11.3 Å². The molecule has 3 rings (SSSR count). The number of aromatic amines is 1. The van der Waals surface area contributed by atoms with E-state index in [1.807, 2.05) is 30.3 Å². The Balaban J connectivity index is 2.13. The number of H-pyrrole nitrogens is 1. The molecule has 0 atom stereocenters. The number of carbonyl (C=O) groups excluding carboxylic acids is 1. The molecule has 0 radical (unpaired) electrons. The first-order valence-electron chi connectivity index (χ1n) is 6.66. The number of nitrogens with zero attached hydrogens (tertiary/aromatic N) is 1. The summed E-state index contributed by atoms with van der Waals surface area (Å²) in [4.78, 5) is 39.3. The van der Waals surface area contributed by atoms with Crippen LogP contribution in [0.2, 0.25) is 0 Å². The predicted molar refractivity (Wildman–Crippen MR) is 86.0 cm³/mol. The molecule has 112 valence electrons. The zero-order chi connectivity index (χ0) is 15.7. The maximum Gasteiger partial charge on any atom is 0.329 e. The molecule has 0 aliphatic carbocycles. The van der Waals surface area contributed by atoms with Crippen LogP contribution in [0, 0.1) is 0 Å². The van der Waals surface area contributed by atoms with E-state index in [0.717, 1.165) is 15.0 Å². The molecule has 1 aromatic carbocycles. The van der Waals surface area contributed by atoms with Gasteiger partial charge in [-0.3, -0.25) is 19.1 Å². The Hall–Kier alpha value is -2.67. The minimum absolute atomic E-state index is 0.0179. The molecular weight excluding hydrogens is 302 g/mol. The van der Waals surface area contributed by atoms with Gasteiger partial charge in [-0.05, 0) is 11.6 Å². The van der Waals surface area contributed by atoms with Gasteiger partial charge in [-0.25, -0.2) is 4.79 Å². The Kier molecular flexibility index (Phi) is 3.64. The van der Waals surface area contributed by atoms with Crippen LogP contribution in [0.5, 0.6) is 0 Å². The highest BCUT2D eigenvalue weighted by Gasteiger charge is 2.12. The van der Waals surface area contributed by atoms with Gasteiger partial charge in [-0.2, -0.15) is 0 Å². The quantitative estimate of drug-likeness (QED) is 0.759. The van der Waals surface area contributed by atoms with Crippen molar-refractivity contribution >= 4 is 27.5 Å². The van der Waals surface area contributed by atoms with Gasteiger partial charge in [0.1, 0.15) is 4.83 Å². The number of hydrogen-bond donors (Lipinski definition) is 2. The van der Waals surface area contributed by atoms with Crippen molar-refractivity contribution < 1.29 is 4.79 Å². The Morgan fingerprint density at radius 1 is 1.23 bits per heavy atom. The van der Waals surface area contributed by atoms with E-state index in [2.05, 4.69) is 4.98 Å². The van der Waals surface area contributed by atoms with Crippen molar-refractivity contribution in [1.82, 2.24) is 9.55 Å². The summed E-state index contributed by atoms with van der Waals surface area (Å²) in [6.45, 7) is -0.0179. The van der Waals surface area contributed by atoms with Crippen molar-refractivity contribution in [3.05, 3.63) is 57.2 Å². The molecule has 0 bridgehead atoms. The summed E-state index contributed by atoms with van der Waals surface area (Å²) < 4.78 is 1.01. The van der Waals surface area contributed by atoms with Crippen LogP contribution in [-0.4, -0.2) is 15.5 Å². The average Bonchev–Trinajstić information content (AvgIpc) is 2.92. The maximum absolute atomic E-state index is 12.4. The standard InChI is InChI=1S/C15H13N3O3S/c16-12(19)6-7-18-14(20)10-8-11(9-4-2-1-3-5-9)22-13(10)17-15(18)21/h1-5,8H,6-7H2,(H2,16,19)(H,17,21). The second kappa shape index (κ2) is 5.61. The van der Waals surface area contributed by atoms with Crippen molar-refractivity contribution in [3.63, 3.8) is 0 Å². The summed E-state index contributed by atoms with van der Waals surface area (Å²) in [6.07, 6.45) is -0.0514. The largest absolute Gasteiger partial charge is 0.370 e. The number of hydrogen-bond acceptors (Lipinski definition) is 4. The highest BCUT2D eigenvalue weighted by molar-refractivity contribution is 7.21. The maximum atomic E-state index is 12.4. The molecule has 3 aromatic rings. The molecule has 22 heavy (non-hydrogen) atoms. The van der Waals surface area contributed by atoms with Gasteiger partial charge in [-0.15, -0.1) is 11.3 Å². The minimum Gasteiger partial charge on any atom is -0.370 e. The second-order valence-corrected chi connectivity index (χ2v) is 5.87. The topological polar surface area (TPSA) is 97.9 Å². The second-order valence-electron chi connectivity index (χ2n) is 4.82. The zero-order valence-electron chi connectivity index (χ0n) is 11.5. The fourth-order valence-corrected chi connectivity index (χ4v) is 3.26. The number of primary amides is 1. The lowest BCUT2D eigenvalue weighted by atomic mass is 10.2. The monoisotopic (exact) mass is 315 g/mol. The number of nitrogens with two attached hydrogens (primary N) is 1. The molecule has 0 spiro atoms. The third-order valence-corrected chi connectivity index (χ3v) is 4.41. The van der Waals surface area contributed by atoms with Crippen molar-refractivity contribution in [2.75, 3.05) is 0 Å². The van der Waals surface area contributed by atoms with Crippen molar-refractivity contribution in [2.45, 2.75) is 13.0 Å². The Morgan fingerprint density at radius 2 is 1.95 bits per heavy atom. The Morgan fingerprint density at radius 3 is 2.64 bits per heavy atom. The van der Waals surface area contributed by atoms with E-state index in [9.17, 15) is 14.4 Å². The molecule has 0 fully saturated rings. The number of thiophene rings is 1. The molecule has 6 nitrogen and oxygen atoms in total. The molecule has 0 unspecified atom stereocenters. The van der Waals surface area contributed by atoms with Crippen LogP contribution in [0.1, 0.15) is 6.42 Å². The third-order valence-electron chi connectivity index (χ3n) is 3.31. The molecule has 2 aromatic heterocycles. The normalized spacial score (nSPS) is 10.9. The van der Waals surface area contributed by atoms with Gasteiger partial charge in [0.2, 0.25) is 5.91 Å². The highest BCUT2D eigenvalue weighted by atomic mass is 32.1. The molecule has 0 aliphatic heterocycles. The molecule has 1 amide bonds. The lowest BCUT2D eigenvalue weighted by Gasteiger charge is -2.02. The minimum atomic E-state index is -0.554. The highest BCUT2D eigenvalue weighted by Crippen LogP contribution is 2.30. The van der Waals surface area contributed by atoms with Gasteiger partial charge in [-0.1, -0.05) is 30.3 Å². The summed E-state index contributed by atoms with van der Waals surface area (Å²) in [5.74, 6) is -0.554. The zero-order valence-corrected chi connectivity index (χ0v) is 12.4. The first-order valence-corrected chi connectivity index (χ1v) is 7.48.